The summed E-state index contributed by atoms with van der Waals surface area (Å²) >= 11 is 0. The molecule has 4 rings (SSSR count). The van der Waals surface area contributed by atoms with Gasteiger partial charge in [-0.15, -0.1) is 0 Å². The average molecular weight is 401 g/mol. The molecule has 1 heterocycles. The molecule has 0 atom stereocenters. The molecule has 0 saturated heterocycles. The van der Waals surface area contributed by atoms with E-state index in [1.165, 1.54) is 0 Å². The van der Waals surface area contributed by atoms with Gasteiger partial charge in [-0.05, 0) is 72.6 Å². The van der Waals surface area contributed by atoms with Gasteiger partial charge in [-0.2, -0.15) is 0 Å². The summed E-state index contributed by atoms with van der Waals surface area (Å²) in [6, 6.07) is 18.5. The number of anilines is 1. The monoisotopic (exact) mass is 401 g/mol. The summed E-state index contributed by atoms with van der Waals surface area (Å²) in [4.78, 5) is 35.7. The maximum Gasteiger partial charge on any atom is 0.255 e. The number of fused-ring (bicyclic) bond motifs is 1. The molecule has 3 aromatic carbocycles. The minimum atomic E-state index is -0.527. The molecule has 0 fully saturated rings. The number of hydrogen-bond donors (Lipinski definition) is 3. The van der Waals surface area contributed by atoms with E-state index in [0.717, 1.165) is 5.56 Å². The van der Waals surface area contributed by atoms with E-state index in [4.69, 9.17) is 10.5 Å². The predicted molar refractivity (Wildman–Crippen MR) is 112 cm³/mol. The van der Waals surface area contributed by atoms with Crippen molar-refractivity contribution in [2.75, 3.05) is 11.9 Å². The van der Waals surface area contributed by atoms with Crippen LogP contribution in [0.4, 0.5) is 5.69 Å². The number of nitrogens with one attached hydrogen (secondary N) is 2. The zero-order valence-electron chi connectivity index (χ0n) is 16.0. The zero-order chi connectivity index (χ0) is 21.1. The number of benzene rings is 3. The molecule has 0 radical (unpaired) electrons. The van der Waals surface area contributed by atoms with Gasteiger partial charge in [0, 0.05) is 28.9 Å². The molecule has 0 aliphatic carbocycles. The van der Waals surface area contributed by atoms with Crippen LogP contribution in [0.2, 0.25) is 0 Å². The van der Waals surface area contributed by atoms with Gasteiger partial charge in [0.15, 0.2) is 0 Å². The molecule has 30 heavy (non-hydrogen) atoms. The molecule has 3 aromatic rings. The number of amides is 3. The molecule has 0 saturated carbocycles. The lowest BCUT2D eigenvalue weighted by atomic mass is 9.97. The summed E-state index contributed by atoms with van der Waals surface area (Å²) in [7, 11) is 0. The maximum atomic E-state index is 12.6. The third-order valence-electron chi connectivity index (χ3n) is 4.76. The second kappa shape index (κ2) is 8.08. The Morgan fingerprint density at radius 1 is 0.933 bits per heavy atom. The molecular weight excluding hydrogens is 382 g/mol. The van der Waals surface area contributed by atoms with Gasteiger partial charge >= 0.3 is 0 Å². The summed E-state index contributed by atoms with van der Waals surface area (Å²) in [6.07, 6.45) is 0.700. The third-order valence-corrected chi connectivity index (χ3v) is 4.76. The van der Waals surface area contributed by atoms with Crippen molar-refractivity contribution < 1.29 is 19.1 Å². The lowest BCUT2D eigenvalue weighted by Crippen LogP contribution is -2.32. The molecule has 4 N–H and O–H groups in total. The highest BCUT2D eigenvalue weighted by Gasteiger charge is 2.18. The molecule has 0 aromatic heterocycles. The topological polar surface area (TPSA) is 111 Å². The zero-order valence-corrected chi connectivity index (χ0v) is 16.0. The molecule has 1 aliphatic heterocycles. The number of nitrogens with two attached hydrogens (primary N) is 1. The smallest absolute Gasteiger partial charge is 0.255 e. The molecule has 3 amide bonds. The molecule has 0 spiro atoms. The summed E-state index contributed by atoms with van der Waals surface area (Å²) in [6.45, 7) is 0.570. The van der Waals surface area contributed by atoms with Crippen LogP contribution in [-0.4, -0.2) is 24.3 Å². The third kappa shape index (κ3) is 4.15. The average Bonchev–Trinajstić information content (AvgIpc) is 2.75. The Morgan fingerprint density at radius 2 is 1.73 bits per heavy atom. The molecule has 0 bridgehead atoms. The first-order valence-corrected chi connectivity index (χ1v) is 9.40. The van der Waals surface area contributed by atoms with Crippen molar-refractivity contribution in [1.29, 1.82) is 0 Å². The van der Waals surface area contributed by atoms with Crippen molar-refractivity contribution in [3.05, 3.63) is 89.0 Å². The summed E-state index contributed by atoms with van der Waals surface area (Å²) in [5.41, 5.74) is 8.22. The van der Waals surface area contributed by atoms with Crippen molar-refractivity contribution in [2.45, 2.75) is 6.42 Å². The number of primary amides is 1. The molecule has 150 valence electrons. The van der Waals surface area contributed by atoms with Gasteiger partial charge in [0.25, 0.3) is 11.8 Å². The van der Waals surface area contributed by atoms with Gasteiger partial charge in [-0.3, -0.25) is 14.4 Å². The predicted octanol–water partition coefficient (Wildman–Crippen LogP) is 3.12. The van der Waals surface area contributed by atoms with Gasteiger partial charge in [-0.1, -0.05) is 6.07 Å². The SMILES string of the molecule is NC(=O)c1cccc(Oc2ccc(NC(=O)c3ccc4c(c3)CCNC4=O)cc2)c1. The van der Waals surface area contributed by atoms with E-state index in [2.05, 4.69) is 10.6 Å². The fourth-order valence-corrected chi connectivity index (χ4v) is 3.23. The number of ether oxygens (including phenoxy) is 1. The quantitative estimate of drug-likeness (QED) is 0.610. The first-order valence-electron chi connectivity index (χ1n) is 9.40. The fourth-order valence-electron chi connectivity index (χ4n) is 3.23. The fraction of sp³-hybridized carbons (Fsp3) is 0.0870. The second-order valence-corrected chi connectivity index (χ2v) is 6.85. The highest BCUT2D eigenvalue weighted by molar-refractivity contribution is 6.05. The van der Waals surface area contributed by atoms with Crippen LogP contribution < -0.4 is 21.1 Å². The summed E-state index contributed by atoms with van der Waals surface area (Å²) < 4.78 is 5.73. The van der Waals surface area contributed by atoms with Crippen molar-refractivity contribution in [3.8, 4) is 11.5 Å². The highest BCUT2D eigenvalue weighted by Crippen LogP contribution is 2.24. The molecule has 7 nitrogen and oxygen atoms in total. The van der Waals surface area contributed by atoms with Gasteiger partial charge in [0.05, 0.1) is 0 Å². The minimum absolute atomic E-state index is 0.111. The normalized spacial score (nSPS) is 12.5. The summed E-state index contributed by atoms with van der Waals surface area (Å²) in [5, 5.41) is 5.62. The van der Waals surface area contributed by atoms with E-state index < -0.39 is 5.91 Å². The van der Waals surface area contributed by atoms with Crippen molar-refractivity contribution in [2.24, 2.45) is 5.73 Å². The lowest BCUT2D eigenvalue weighted by Gasteiger charge is -2.17. The van der Waals surface area contributed by atoms with Crippen LogP contribution in [0.1, 0.15) is 36.6 Å². The van der Waals surface area contributed by atoms with Crippen molar-refractivity contribution >= 4 is 23.4 Å². The van der Waals surface area contributed by atoms with Crippen LogP contribution in [0, 0.1) is 0 Å². The Balaban J connectivity index is 1.43. The van der Waals surface area contributed by atoms with Crippen LogP contribution in [0.15, 0.2) is 66.7 Å². The van der Waals surface area contributed by atoms with Crippen molar-refractivity contribution in [1.82, 2.24) is 5.32 Å². The number of rotatable bonds is 5. The van der Waals surface area contributed by atoms with Gasteiger partial charge in [0.1, 0.15) is 11.5 Å². The number of carbonyl (C=O) groups is 3. The molecule has 0 unspecified atom stereocenters. The Hall–Kier alpha value is -4.13. The van der Waals surface area contributed by atoms with Crippen LogP contribution in [-0.2, 0) is 6.42 Å². The van der Waals surface area contributed by atoms with Crippen molar-refractivity contribution in [3.63, 3.8) is 0 Å². The van der Waals surface area contributed by atoms with E-state index in [1.54, 1.807) is 66.7 Å². The standard InChI is InChI=1S/C23H19N3O4/c24-21(27)15-2-1-3-19(13-15)30-18-7-5-17(6-8-18)26-22(28)16-4-9-20-14(12-16)10-11-25-23(20)29/h1-9,12-13H,10-11H2,(H2,24,27)(H,25,29)(H,26,28). The Bertz CT molecular complexity index is 1140. The minimum Gasteiger partial charge on any atom is -0.457 e. The second-order valence-electron chi connectivity index (χ2n) is 6.85. The first-order chi connectivity index (χ1) is 14.5. The molecule has 7 heteroatoms. The van der Waals surface area contributed by atoms with Gasteiger partial charge < -0.3 is 21.1 Å². The Kier molecular flexibility index (Phi) is 5.17. The first kappa shape index (κ1) is 19.2. The van der Waals surface area contributed by atoms with Crippen LogP contribution in [0.25, 0.3) is 0 Å². The lowest BCUT2D eigenvalue weighted by molar-refractivity contribution is 0.0943. The van der Waals surface area contributed by atoms with Gasteiger partial charge in [0.2, 0.25) is 5.91 Å². The van der Waals surface area contributed by atoms with E-state index in [0.29, 0.717) is 46.8 Å². The summed E-state index contributed by atoms with van der Waals surface area (Å²) in [5.74, 6) is 0.142. The Morgan fingerprint density at radius 3 is 2.50 bits per heavy atom. The number of carbonyl (C=O) groups excluding carboxylic acids is 3. The van der Waals surface area contributed by atoms with Crippen LogP contribution in [0.5, 0.6) is 11.5 Å². The van der Waals surface area contributed by atoms with E-state index in [9.17, 15) is 14.4 Å². The highest BCUT2D eigenvalue weighted by atomic mass is 16.5. The van der Waals surface area contributed by atoms with Crippen LogP contribution in [0.3, 0.4) is 0 Å². The van der Waals surface area contributed by atoms with E-state index in [1.807, 2.05) is 0 Å². The number of hydrogen-bond acceptors (Lipinski definition) is 4. The maximum absolute atomic E-state index is 12.6. The van der Waals surface area contributed by atoms with Gasteiger partial charge in [-0.25, -0.2) is 0 Å². The van der Waals surface area contributed by atoms with Crippen LogP contribution >= 0.6 is 0 Å². The van der Waals surface area contributed by atoms with E-state index in [-0.39, 0.29) is 11.8 Å². The Labute approximate surface area is 172 Å². The van der Waals surface area contributed by atoms with E-state index >= 15 is 0 Å². The molecular formula is C23H19N3O4. The largest absolute Gasteiger partial charge is 0.457 e. The molecule has 1 aliphatic rings.